The molecule has 2 aromatic rings. The van der Waals surface area contributed by atoms with Gasteiger partial charge in [-0.25, -0.2) is 4.98 Å². The largest absolute Gasteiger partial charge is 0.493 e. The van der Waals surface area contributed by atoms with Gasteiger partial charge in [0.15, 0.2) is 11.5 Å². The summed E-state index contributed by atoms with van der Waals surface area (Å²) < 4.78 is 22.4. The predicted octanol–water partition coefficient (Wildman–Crippen LogP) is 3.22. The van der Waals surface area contributed by atoms with Crippen molar-refractivity contribution in [2.75, 3.05) is 40.1 Å². The number of carbonyl (C=O) groups excluding carboxylic acids is 1. The van der Waals surface area contributed by atoms with E-state index in [1.807, 2.05) is 24.0 Å². The van der Waals surface area contributed by atoms with Crippen molar-refractivity contribution in [3.63, 3.8) is 0 Å². The van der Waals surface area contributed by atoms with Gasteiger partial charge in [0, 0.05) is 31.6 Å². The number of likely N-dealkylation sites (tertiary alicyclic amines) is 2. The lowest BCUT2D eigenvalue weighted by molar-refractivity contribution is -0.128. The van der Waals surface area contributed by atoms with Gasteiger partial charge < -0.3 is 23.5 Å². The third kappa shape index (κ3) is 4.08. The number of ether oxygens (including phenoxy) is 3. The molecule has 2 fully saturated rings. The Labute approximate surface area is 182 Å². The van der Waals surface area contributed by atoms with Crippen molar-refractivity contribution in [2.24, 2.45) is 5.92 Å². The molecule has 31 heavy (non-hydrogen) atoms. The SMILES string of the molecule is COc1cc(-c2nc(CN3CCC(CN4CCCC4=O)CC3)c(C)o2)cc2c1OCO2. The Hall–Kier alpha value is -2.74. The molecule has 0 aliphatic carbocycles. The van der Waals surface area contributed by atoms with Crippen LogP contribution in [0.2, 0.25) is 0 Å². The Morgan fingerprint density at radius 2 is 2.03 bits per heavy atom. The van der Waals surface area contributed by atoms with Crippen LogP contribution >= 0.6 is 0 Å². The quantitative estimate of drug-likeness (QED) is 0.700. The fourth-order valence-corrected chi connectivity index (χ4v) is 4.70. The molecule has 1 aromatic carbocycles. The first kappa shape index (κ1) is 20.2. The predicted molar refractivity (Wildman–Crippen MR) is 113 cm³/mol. The van der Waals surface area contributed by atoms with Gasteiger partial charge in [0.2, 0.25) is 24.3 Å². The highest BCUT2D eigenvalue weighted by atomic mass is 16.7. The maximum atomic E-state index is 11.9. The van der Waals surface area contributed by atoms with E-state index in [2.05, 4.69) is 4.90 Å². The van der Waals surface area contributed by atoms with Crippen LogP contribution in [-0.4, -0.2) is 60.8 Å². The van der Waals surface area contributed by atoms with Crippen LogP contribution in [-0.2, 0) is 11.3 Å². The molecule has 5 rings (SSSR count). The van der Waals surface area contributed by atoms with E-state index in [9.17, 15) is 4.79 Å². The van der Waals surface area contributed by atoms with Crippen LogP contribution in [0.3, 0.4) is 0 Å². The van der Waals surface area contributed by atoms with Crippen molar-refractivity contribution in [1.82, 2.24) is 14.8 Å². The molecule has 3 aliphatic rings. The van der Waals surface area contributed by atoms with Gasteiger partial charge in [-0.1, -0.05) is 0 Å². The molecule has 4 heterocycles. The molecule has 0 atom stereocenters. The summed E-state index contributed by atoms with van der Waals surface area (Å²) in [6.45, 7) is 6.82. The first-order chi connectivity index (χ1) is 15.1. The first-order valence-electron chi connectivity index (χ1n) is 11.0. The molecular weight excluding hydrogens is 398 g/mol. The van der Waals surface area contributed by atoms with Crippen LogP contribution in [0.4, 0.5) is 0 Å². The van der Waals surface area contributed by atoms with Gasteiger partial charge in [0.1, 0.15) is 5.76 Å². The highest BCUT2D eigenvalue weighted by molar-refractivity contribution is 5.78. The molecular formula is C23H29N3O5. The molecule has 0 N–H and O–H groups in total. The molecule has 1 aromatic heterocycles. The normalized spacial score (nSPS) is 19.4. The summed E-state index contributed by atoms with van der Waals surface area (Å²) in [5.41, 5.74) is 1.77. The molecule has 8 heteroatoms. The monoisotopic (exact) mass is 427 g/mol. The minimum Gasteiger partial charge on any atom is -0.493 e. The molecule has 8 nitrogen and oxygen atoms in total. The van der Waals surface area contributed by atoms with Crippen LogP contribution in [0.25, 0.3) is 11.5 Å². The number of oxazole rings is 1. The van der Waals surface area contributed by atoms with E-state index in [-0.39, 0.29) is 6.79 Å². The number of piperidine rings is 1. The number of fused-ring (bicyclic) bond motifs is 1. The molecule has 0 unspecified atom stereocenters. The van der Waals surface area contributed by atoms with Gasteiger partial charge in [0.05, 0.1) is 12.8 Å². The fourth-order valence-electron chi connectivity index (χ4n) is 4.70. The van der Waals surface area contributed by atoms with Crippen LogP contribution in [0, 0.1) is 12.8 Å². The number of carbonyl (C=O) groups is 1. The van der Waals surface area contributed by atoms with E-state index in [0.29, 0.717) is 35.0 Å². The van der Waals surface area contributed by atoms with Crippen molar-refractivity contribution < 1.29 is 23.4 Å². The number of methoxy groups -OCH3 is 1. The molecule has 166 valence electrons. The average Bonchev–Trinajstić information content (AvgIpc) is 3.50. The Kier molecular flexibility index (Phi) is 5.48. The maximum Gasteiger partial charge on any atom is 0.231 e. The average molecular weight is 428 g/mol. The molecule has 0 spiro atoms. The highest BCUT2D eigenvalue weighted by Gasteiger charge is 2.27. The molecule has 0 saturated carbocycles. The Morgan fingerprint density at radius 1 is 1.19 bits per heavy atom. The molecule has 0 radical (unpaired) electrons. The van der Waals surface area contributed by atoms with Gasteiger partial charge in [0.25, 0.3) is 0 Å². The number of hydrogen-bond acceptors (Lipinski definition) is 7. The Bertz CT molecular complexity index is 964. The first-order valence-corrected chi connectivity index (χ1v) is 11.0. The summed E-state index contributed by atoms with van der Waals surface area (Å²) in [5.74, 6) is 4.20. The molecule has 2 saturated heterocycles. The number of aromatic nitrogens is 1. The second-order valence-corrected chi connectivity index (χ2v) is 8.60. The van der Waals surface area contributed by atoms with Gasteiger partial charge in [-0.05, 0) is 57.3 Å². The van der Waals surface area contributed by atoms with E-state index < -0.39 is 0 Å². The summed E-state index contributed by atoms with van der Waals surface area (Å²) in [6, 6.07) is 3.75. The van der Waals surface area contributed by atoms with Crippen molar-refractivity contribution in [1.29, 1.82) is 0 Å². The van der Waals surface area contributed by atoms with Gasteiger partial charge in [-0.3, -0.25) is 9.69 Å². The lowest BCUT2D eigenvalue weighted by Gasteiger charge is -2.33. The van der Waals surface area contributed by atoms with Gasteiger partial charge in [-0.2, -0.15) is 0 Å². The summed E-state index contributed by atoms with van der Waals surface area (Å²) in [7, 11) is 1.61. The topological polar surface area (TPSA) is 77.3 Å². The fraction of sp³-hybridized carbons (Fsp3) is 0.565. The third-order valence-electron chi connectivity index (χ3n) is 6.53. The van der Waals surface area contributed by atoms with E-state index in [1.165, 1.54) is 0 Å². The van der Waals surface area contributed by atoms with Crippen LogP contribution < -0.4 is 14.2 Å². The second kappa shape index (κ2) is 8.42. The zero-order chi connectivity index (χ0) is 21.4. The van der Waals surface area contributed by atoms with Crippen molar-refractivity contribution in [2.45, 2.75) is 39.2 Å². The van der Waals surface area contributed by atoms with E-state index in [1.54, 1.807) is 7.11 Å². The highest BCUT2D eigenvalue weighted by Crippen LogP contribution is 2.44. The molecule has 3 aliphatic heterocycles. The zero-order valence-electron chi connectivity index (χ0n) is 18.2. The van der Waals surface area contributed by atoms with Crippen LogP contribution in [0.15, 0.2) is 16.5 Å². The van der Waals surface area contributed by atoms with Gasteiger partial charge >= 0.3 is 0 Å². The zero-order valence-corrected chi connectivity index (χ0v) is 18.2. The Balaban J connectivity index is 1.23. The van der Waals surface area contributed by atoms with Crippen LogP contribution in [0.5, 0.6) is 17.2 Å². The summed E-state index contributed by atoms with van der Waals surface area (Å²) in [4.78, 5) is 21.1. The summed E-state index contributed by atoms with van der Waals surface area (Å²) in [6.07, 6.45) is 3.97. The molecule has 0 bridgehead atoms. The van der Waals surface area contributed by atoms with Crippen molar-refractivity contribution >= 4 is 5.91 Å². The lowest BCUT2D eigenvalue weighted by atomic mass is 9.96. The third-order valence-corrected chi connectivity index (χ3v) is 6.53. The smallest absolute Gasteiger partial charge is 0.231 e. The van der Waals surface area contributed by atoms with E-state index in [0.717, 1.165) is 75.4 Å². The number of benzene rings is 1. The lowest BCUT2D eigenvalue weighted by Crippen LogP contribution is -2.39. The van der Waals surface area contributed by atoms with E-state index in [4.69, 9.17) is 23.6 Å². The summed E-state index contributed by atoms with van der Waals surface area (Å²) >= 11 is 0. The summed E-state index contributed by atoms with van der Waals surface area (Å²) in [5, 5.41) is 0. The van der Waals surface area contributed by atoms with Crippen molar-refractivity contribution in [3.05, 3.63) is 23.6 Å². The van der Waals surface area contributed by atoms with Gasteiger partial charge in [-0.15, -0.1) is 0 Å². The van der Waals surface area contributed by atoms with Crippen molar-refractivity contribution in [3.8, 4) is 28.7 Å². The maximum absolute atomic E-state index is 11.9. The number of amides is 1. The number of hydrogen-bond donors (Lipinski definition) is 0. The van der Waals surface area contributed by atoms with Crippen LogP contribution in [0.1, 0.15) is 37.1 Å². The number of rotatable bonds is 6. The minimum absolute atomic E-state index is 0.187. The van der Waals surface area contributed by atoms with E-state index >= 15 is 0 Å². The number of aryl methyl sites for hydroxylation is 1. The second-order valence-electron chi connectivity index (χ2n) is 8.60. The molecule has 1 amide bonds. The minimum atomic E-state index is 0.187. The number of nitrogens with zero attached hydrogens (tertiary/aromatic N) is 3. The Morgan fingerprint density at radius 3 is 2.77 bits per heavy atom. The standard InChI is InChI=1S/C23H29N3O5/c1-15-18(13-25-8-5-16(6-9-25)12-26-7-3-4-21(26)27)24-23(31-15)17-10-19(28-2)22-20(11-17)29-14-30-22/h10-11,16H,3-9,12-14H2,1-2H3.